The number of amides is 1. The van der Waals surface area contributed by atoms with Crippen LogP contribution in [-0.2, 0) is 27.4 Å². The van der Waals surface area contributed by atoms with Crippen molar-refractivity contribution in [3.05, 3.63) is 88.5 Å². The Morgan fingerprint density at radius 1 is 0.905 bits per heavy atom. The van der Waals surface area contributed by atoms with Gasteiger partial charge in [0.25, 0.3) is 0 Å². The molecule has 0 aliphatic heterocycles. The number of pyridine rings is 1. The molecule has 12 heteroatoms. The Morgan fingerprint density at radius 3 is 1.93 bits per heavy atom. The summed E-state index contributed by atoms with van der Waals surface area (Å²) in [7, 11) is 1.29. The summed E-state index contributed by atoms with van der Waals surface area (Å²) in [6, 6.07) is 6.35. The van der Waals surface area contributed by atoms with Crippen LogP contribution in [0.3, 0.4) is 0 Å². The first-order valence-electron chi connectivity index (χ1n) is 12.6. The Hall–Kier alpha value is -4.22. The van der Waals surface area contributed by atoms with Crippen molar-refractivity contribution in [2.24, 2.45) is 0 Å². The van der Waals surface area contributed by atoms with E-state index in [1.807, 2.05) is 0 Å². The largest absolute Gasteiger partial charge is 0.478 e. The number of aliphatic carboxylic acids is 1. The zero-order valence-electron chi connectivity index (χ0n) is 23.2. The fourth-order valence-electron chi connectivity index (χ4n) is 4.51. The summed E-state index contributed by atoms with van der Waals surface area (Å²) in [4.78, 5) is 30.5. The number of aryl methyl sites for hydroxylation is 1. The second-order valence-corrected chi connectivity index (χ2v) is 10.2. The molecule has 0 saturated carbocycles. The van der Waals surface area contributed by atoms with Crippen molar-refractivity contribution in [3.8, 4) is 11.1 Å². The second kappa shape index (κ2) is 11.6. The minimum Gasteiger partial charge on any atom is -0.478 e. The van der Waals surface area contributed by atoms with Crippen LogP contribution in [0.2, 0.25) is 0 Å². The van der Waals surface area contributed by atoms with Gasteiger partial charge in [0.05, 0.1) is 34.1 Å². The van der Waals surface area contributed by atoms with Gasteiger partial charge in [0.2, 0.25) is 5.91 Å². The van der Waals surface area contributed by atoms with Crippen LogP contribution in [0, 0.1) is 12.7 Å². The number of anilines is 1. The van der Waals surface area contributed by atoms with Gasteiger partial charge in [0, 0.05) is 18.7 Å². The highest BCUT2D eigenvalue weighted by Crippen LogP contribution is 2.41. The number of carbonyl (C=O) groups is 2. The number of hydrogen-bond donors (Lipinski definition) is 1. The average molecular weight is 597 g/mol. The molecule has 0 atom stereocenters. The molecule has 0 spiro atoms. The second-order valence-electron chi connectivity index (χ2n) is 10.2. The molecule has 3 aromatic rings. The number of halogens is 7. The molecule has 2 aromatic carbocycles. The van der Waals surface area contributed by atoms with Gasteiger partial charge >= 0.3 is 18.3 Å². The number of carboxylic acids is 1. The maximum absolute atomic E-state index is 13.9. The third-order valence-corrected chi connectivity index (χ3v) is 6.88. The van der Waals surface area contributed by atoms with E-state index in [2.05, 4.69) is 4.98 Å². The maximum Gasteiger partial charge on any atom is 0.416 e. The highest BCUT2D eigenvalue weighted by molar-refractivity contribution is 6.03. The molecule has 0 fully saturated rings. The highest BCUT2D eigenvalue weighted by Gasteiger charge is 2.41. The van der Waals surface area contributed by atoms with Crippen molar-refractivity contribution in [1.29, 1.82) is 0 Å². The summed E-state index contributed by atoms with van der Waals surface area (Å²) in [5, 5.41) is 9.25. The Bertz CT molecular complexity index is 1530. The summed E-state index contributed by atoms with van der Waals surface area (Å²) < 4.78 is 95.1. The van der Waals surface area contributed by atoms with Gasteiger partial charge in [0.1, 0.15) is 5.82 Å². The Balaban J connectivity index is 2.22. The monoisotopic (exact) mass is 596 g/mol. The molecule has 1 N–H and O–H groups in total. The van der Waals surface area contributed by atoms with E-state index in [0.717, 1.165) is 11.0 Å². The van der Waals surface area contributed by atoms with Crippen LogP contribution in [0.15, 0.2) is 54.7 Å². The first kappa shape index (κ1) is 32.3. The average Bonchev–Trinajstić information content (AvgIpc) is 2.89. The first-order valence-corrected chi connectivity index (χ1v) is 12.6. The van der Waals surface area contributed by atoms with E-state index >= 15 is 0 Å². The third-order valence-electron chi connectivity index (χ3n) is 6.88. The van der Waals surface area contributed by atoms with Crippen LogP contribution >= 0.6 is 0 Å². The maximum atomic E-state index is 13.9. The Kier molecular flexibility index (Phi) is 8.90. The number of alkyl halides is 6. The van der Waals surface area contributed by atoms with Gasteiger partial charge in [-0.05, 0) is 85.9 Å². The van der Waals surface area contributed by atoms with Crippen molar-refractivity contribution >= 4 is 23.1 Å². The van der Waals surface area contributed by atoms with E-state index in [9.17, 15) is 45.4 Å². The fourth-order valence-corrected chi connectivity index (χ4v) is 4.51. The number of rotatable bonds is 7. The molecule has 5 nitrogen and oxygen atoms in total. The molecule has 1 aromatic heterocycles. The van der Waals surface area contributed by atoms with Crippen molar-refractivity contribution in [2.45, 2.75) is 51.9 Å². The number of allylic oxidation sites excluding steroid dienone is 1. The molecule has 0 radical (unpaired) electrons. The molecule has 0 aliphatic carbocycles. The van der Waals surface area contributed by atoms with Gasteiger partial charge in [-0.15, -0.1) is 0 Å². The SMILES string of the molecule is CCC(=CC(=O)O)c1cc(-c2ccc(F)cc2C)c(N(C)C(=O)C(C)(C)c2cc(C(F)(F)F)cc(C(F)(F)F)c2)cn1. The van der Waals surface area contributed by atoms with Crippen LogP contribution in [0.1, 0.15) is 55.1 Å². The summed E-state index contributed by atoms with van der Waals surface area (Å²) in [6.45, 7) is 5.71. The molecule has 224 valence electrons. The van der Waals surface area contributed by atoms with E-state index in [1.54, 1.807) is 13.8 Å². The number of hydrogen-bond acceptors (Lipinski definition) is 3. The quantitative estimate of drug-likeness (QED) is 0.221. The lowest BCUT2D eigenvalue weighted by molar-refractivity contribution is -0.143. The lowest BCUT2D eigenvalue weighted by Crippen LogP contribution is -2.42. The van der Waals surface area contributed by atoms with Crippen molar-refractivity contribution in [3.63, 3.8) is 0 Å². The van der Waals surface area contributed by atoms with Gasteiger partial charge in [-0.3, -0.25) is 9.78 Å². The van der Waals surface area contributed by atoms with E-state index < -0.39 is 52.2 Å². The van der Waals surface area contributed by atoms with Gasteiger partial charge in [0.15, 0.2) is 0 Å². The van der Waals surface area contributed by atoms with Gasteiger partial charge < -0.3 is 10.0 Å². The molecule has 3 rings (SSSR count). The zero-order chi connectivity index (χ0) is 31.8. The van der Waals surface area contributed by atoms with Crippen molar-refractivity contribution in [2.75, 3.05) is 11.9 Å². The fraction of sp³-hybridized carbons (Fsp3) is 0.300. The van der Waals surface area contributed by atoms with E-state index in [4.69, 9.17) is 0 Å². The zero-order valence-corrected chi connectivity index (χ0v) is 23.2. The number of benzene rings is 2. The molecule has 42 heavy (non-hydrogen) atoms. The van der Waals surface area contributed by atoms with E-state index in [0.29, 0.717) is 34.4 Å². The lowest BCUT2D eigenvalue weighted by atomic mass is 9.81. The van der Waals surface area contributed by atoms with Gasteiger partial charge in [-0.25, -0.2) is 9.18 Å². The molecule has 0 saturated heterocycles. The van der Waals surface area contributed by atoms with Crippen LogP contribution in [0.4, 0.5) is 36.4 Å². The molecule has 0 unspecified atom stereocenters. The number of nitrogens with zero attached hydrogens (tertiary/aromatic N) is 2. The van der Waals surface area contributed by atoms with E-state index in [-0.39, 0.29) is 23.9 Å². The number of likely N-dealkylation sites (N-methyl/N-ethyl adjacent to an activating group) is 1. The smallest absolute Gasteiger partial charge is 0.416 e. The normalized spacial score (nSPS) is 12.8. The van der Waals surface area contributed by atoms with Gasteiger partial charge in [-0.2, -0.15) is 26.3 Å². The predicted molar refractivity (Wildman–Crippen MR) is 143 cm³/mol. The highest BCUT2D eigenvalue weighted by atomic mass is 19.4. The van der Waals surface area contributed by atoms with Crippen LogP contribution in [-0.4, -0.2) is 29.0 Å². The number of carbonyl (C=O) groups excluding carboxylic acids is 1. The summed E-state index contributed by atoms with van der Waals surface area (Å²) in [5.41, 5.74) is -3.61. The van der Waals surface area contributed by atoms with Crippen LogP contribution in [0.5, 0.6) is 0 Å². The summed E-state index contributed by atoms with van der Waals surface area (Å²) >= 11 is 0. The molecule has 0 bridgehead atoms. The Morgan fingerprint density at radius 2 is 1.45 bits per heavy atom. The van der Waals surface area contributed by atoms with Crippen LogP contribution < -0.4 is 4.90 Å². The molecule has 1 amide bonds. The minimum absolute atomic E-state index is 0.0121. The predicted octanol–water partition coefficient (Wildman–Crippen LogP) is 8.05. The summed E-state index contributed by atoms with van der Waals surface area (Å²) in [6.07, 6.45) is -7.71. The first-order chi connectivity index (χ1) is 19.3. The standard InChI is InChI=1S/C30H27F7N2O3/c1-6-17(10-26(40)41)24-14-23(22-8-7-21(31)9-16(22)2)25(15-38-24)39(5)27(42)28(3,4)18-11-19(29(32,33)34)13-20(12-18)30(35,36)37/h7-15H,6H2,1-5H3,(H,40,41). The molecule has 1 heterocycles. The van der Waals surface area contributed by atoms with Crippen LogP contribution in [0.25, 0.3) is 16.7 Å². The minimum atomic E-state index is -5.10. The van der Waals surface area contributed by atoms with Crippen molar-refractivity contribution < 1.29 is 45.4 Å². The van der Waals surface area contributed by atoms with Crippen molar-refractivity contribution in [1.82, 2.24) is 4.98 Å². The van der Waals surface area contributed by atoms with Gasteiger partial charge in [-0.1, -0.05) is 13.0 Å². The number of carboxylic acid groups (broad SMARTS) is 1. The third kappa shape index (κ3) is 6.80. The summed E-state index contributed by atoms with van der Waals surface area (Å²) in [5.74, 6) is -2.62. The number of aromatic nitrogens is 1. The molecular weight excluding hydrogens is 569 g/mol. The topological polar surface area (TPSA) is 70.5 Å². The lowest BCUT2D eigenvalue weighted by Gasteiger charge is -2.32. The van der Waals surface area contributed by atoms with E-state index in [1.165, 1.54) is 51.4 Å². The molecule has 0 aliphatic rings. The Labute approximate surface area is 237 Å². The molecular formula is C30H27F7N2O3.